The van der Waals surface area contributed by atoms with Crippen molar-refractivity contribution in [2.75, 3.05) is 27.2 Å². The van der Waals surface area contributed by atoms with Crippen molar-refractivity contribution in [1.82, 2.24) is 16.0 Å². The number of halogens is 1. The summed E-state index contributed by atoms with van der Waals surface area (Å²) in [6.45, 7) is 1.06. The molecule has 0 aliphatic heterocycles. The molecule has 5 N–H and O–H groups in total. The highest BCUT2D eigenvalue weighted by Gasteiger charge is 2.05. The summed E-state index contributed by atoms with van der Waals surface area (Å²) in [6, 6.07) is 14.9. The third-order valence-corrected chi connectivity index (χ3v) is 4.09. The molecular formula is C21H28IN5O3. The lowest BCUT2D eigenvalue weighted by molar-refractivity contribution is -0.119. The number of primary amides is 1. The van der Waals surface area contributed by atoms with Crippen LogP contribution in [0.5, 0.6) is 5.75 Å². The topological polar surface area (TPSA) is 118 Å². The van der Waals surface area contributed by atoms with Crippen LogP contribution in [0.3, 0.4) is 0 Å². The summed E-state index contributed by atoms with van der Waals surface area (Å²) in [4.78, 5) is 26.8. The number of nitrogens with one attached hydrogen (secondary N) is 3. The zero-order valence-corrected chi connectivity index (χ0v) is 19.4. The van der Waals surface area contributed by atoms with E-state index in [4.69, 9.17) is 10.5 Å². The standard InChI is InChI=1S/C21H27N5O3.HI/c1-23-20(28)17-7-3-5-15(11-17)9-10-25-21(24-2)26-13-16-6-4-8-18(12-16)29-14-19(22)27;/h3-8,11-12H,9-10,13-14H2,1-2H3,(H2,22,27)(H,23,28)(H2,24,25,26);1H. The maximum atomic E-state index is 11.7. The Kier molecular flexibility index (Phi) is 11.3. The summed E-state index contributed by atoms with van der Waals surface area (Å²) in [5, 5.41) is 9.11. The van der Waals surface area contributed by atoms with E-state index in [2.05, 4.69) is 20.9 Å². The van der Waals surface area contributed by atoms with Gasteiger partial charge in [0.1, 0.15) is 5.75 Å². The van der Waals surface area contributed by atoms with E-state index >= 15 is 0 Å². The van der Waals surface area contributed by atoms with Gasteiger partial charge in [-0.3, -0.25) is 14.6 Å². The summed E-state index contributed by atoms with van der Waals surface area (Å²) in [5.41, 5.74) is 7.78. The van der Waals surface area contributed by atoms with E-state index < -0.39 is 5.91 Å². The van der Waals surface area contributed by atoms with E-state index in [-0.39, 0.29) is 36.5 Å². The fraction of sp³-hybridized carbons (Fsp3) is 0.286. The van der Waals surface area contributed by atoms with Crippen LogP contribution in [0.4, 0.5) is 0 Å². The van der Waals surface area contributed by atoms with Crippen LogP contribution < -0.4 is 26.4 Å². The first-order chi connectivity index (χ1) is 14.0. The van der Waals surface area contributed by atoms with Gasteiger partial charge in [0.25, 0.3) is 11.8 Å². The molecule has 2 rings (SSSR count). The van der Waals surface area contributed by atoms with Crippen LogP contribution in [0, 0.1) is 0 Å². The molecule has 0 unspecified atom stereocenters. The van der Waals surface area contributed by atoms with Gasteiger partial charge in [-0.15, -0.1) is 24.0 Å². The normalized spacial score (nSPS) is 10.5. The molecule has 162 valence electrons. The number of carbonyl (C=O) groups excluding carboxylic acids is 2. The number of rotatable bonds is 9. The van der Waals surface area contributed by atoms with E-state index in [9.17, 15) is 9.59 Å². The van der Waals surface area contributed by atoms with E-state index in [1.165, 1.54) is 0 Å². The number of carbonyl (C=O) groups is 2. The molecule has 2 aromatic carbocycles. The summed E-state index contributed by atoms with van der Waals surface area (Å²) in [6.07, 6.45) is 0.752. The molecule has 0 atom stereocenters. The molecule has 0 aliphatic carbocycles. The van der Waals surface area contributed by atoms with Crippen molar-refractivity contribution in [3.63, 3.8) is 0 Å². The van der Waals surface area contributed by atoms with Crippen molar-refractivity contribution >= 4 is 41.8 Å². The Hall–Kier alpha value is -2.82. The van der Waals surface area contributed by atoms with E-state index in [0.29, 0.717) is 30.4 Å². The van der Waals surface area contributed by atoms with Crippen LogP contribution in [0.25, 0.3) is 0 Å². The Labute approximate surface area is 193 Å². The molecule has 0 saturated heterocycles. The molecular weight excluding hydrogens is 497 g/mol. The average Bonchev–Trinajstić information content (AvgIpc) is 2.74. The molecule has 2 aromatic rings. The van der Waals surface area contributed by atoms with Crippen molar-refractivity contribution < 1.29 is 14.3 Å². The Morgan fingerprint density at radius 3 is 2.50 bits per heavy atom. The number of nitrogens with zero attached hydrogens (tertiary/aromatic N) is 1. The second kappa shape index (κ2) is 13.4. The van der Waals surface area contributed by atoms with E-state index in [0.717, 1.165) is 17.5 Å². The number of ether oxygens (including phenoxy) is 1. The van der Waals surface area contributed by atoms with Gasteiger partial charge in [0.2, 0.25) is 0 Å². The number of benzene rings is 2. The first-order valence-electron chi connectivity index (χ1n) is 9.27. The Morgan fingerprint density at radius 1 is 1.07 bits per heavy atom. The van der Waals surface area contributed by atoms with Gasteiger partial charge in [-0.2, -0.15) is 0 Å². The van der Waals surface area contributed by atoms with Crippen LogP contribution in [0.1, 0.15) is 21.5 Å². The highest BCUT2D eigenvalue weighted by molar-refractivity contribution is 14.0. The lowest BCUT2D eigenvalue weighted by atomic mass is 10.1. The van der Waals surface area contributed by atoms with Gasteiger partial charge < -0.3 is 26.4 Å². The second-order valence-corrected chi connectivity index (χ2v) is 6.28. The largest absolute Gasteiger partial charge is 0.484 e. The molecule has 0 aliphatic rings. The summed E-state index contributed by atoms with van der Waals surface area (Å²) >= 11 is 0. The summed E-state index contributed by atoms with van der Waals surface area (Å²) in [7, 11) is 3.32. The van der Waals surface area contributed by atoms with Crippen molar-refractivity contribution in [1.29, 1.82) is 0 Å². The molecule has 9 heteroatoms. The minimum atomic E-state index is -0.515. The molecule has 0 radical (unpaired) electrons. The third kappa shape index (κ3) is 8.68. The first kappa shape index (κ1) is 25.2. The first-order valence-corrected chi connectivity index (χ1v) is 9.27. The number of amides is 2. The molecule has 0 spiro atoms. The Balaban J connectivity index is 0.00000450. The zero-order chi connectivity index (χ0) is 21.1. The van der Waals surface area contributed by atoms with Crippen molar-refractivity contribution in [3.05, 3.63) is 65.2 Å². The van der Waals surface area contributed by atoms with Gasteiger partial charge >= 0.3 is 0 Å². The fourth-order valence-electron chi connectivity index (χ4n) is 2.64. The van der Waals surface area contributed by atoms with Crippen LogP contribution in [-0.4, -0.2) is 45.0 Å². The Morgan fingerprint density at radius 2 is 1.80 bits per heavy atom. The summed E-state index contributed by atoms with van der Waals surface area (Å²) in [5.74, 6) is 0.635. The second-order valence-electron chi connectivity index (χ2n) is 6.28. The predicted molar refractivity (Wildman–Crippen MR) is 128 cm³/mol. The summed E-state index contributed by atoms with van der Waals surface area (Å²) < 4.78 is 5.31. The Bertz CT molecular complexity index is 873. The van der Waals surface area contributed by atoms with Crippen molar-refractivity contribution in [3.8, 4) is 5.75 Å². The van der Waals surface area contributed by atoms with Gasteiger partial charge in [0.05, 0.1) is 0 Å². The quantitative estimate of drug-likeness (QED) is 0.225. The van der Waals surface area contributed by atoms with Crippen LogP contribution in [-0.2, 0) is 17.8 Å². The smallest absolute Gasteiger partial charge is 0.255 e. The molecule has 30 heavy (non-hydrogen) atoms. The SMILES string of the molecule is CN=C(NCCc1cccc(C(=O)NC)c1)NCc1cccc(OCC(N)=O)c1.I. The molecule has 0 heterocycles. The molecule has 2 amide bonds. The maximum absolute atomic E-state index is 11.7. The number of guanidine groups is 1. The third-order valence-electron chi connectivity index (χ3n) is 4.09. The van der Waals surface area contributed by atoms with Crippen molar-refractivity contribution in [2.45, 2.75) is 13.0 Å². The average molecular weight is 525 g/mol. The molecule has 0 saturated carbocycles. The highest BCUT2D eigenvalue weighted by atomic mass is 127. The molecule has 0 aromatic heterocycles. The van der Waals surface area contributed by atoms with Gasteiger partial charge in [-0.25, -0.2) is 0 Å². The lowest BCUT2D eigenvalue weighted by Gasteiger charge is -2.13. The molecule has 0 bridgehead atoms. The fourth-order valence-corrected chi connectivity index (χ4v) is 2.64. The van der Waals surface area contributed by atoms with Gasteiger partial charge in [0, 0.05) is 32.7 Å². The molecule has 0 fully saturated rings. The minimum absolute atomic E-state index is 0. The van der Waals surface area contributed by atoms with Crippen molar-refractivity contribution in [2.24, 2.45) is 10.7 Å². The minimum Gasteiger partial charge on any atom is -0.484 e. The molecule has 8 nitrogen and oxygen atoms in total. The van der Waals surface area contributed by atoms with Gasteiger partial charge in [0.15, 0.2) is 12.6 Å². The number of nitrogens with two attached hydrogens (primary N) is 1. The number of hydrogen-bond acceptors (Lipinski definition) is 4. The lowest BCUT2D eigenvalue weighted by Crippen LogP contribution is -2.37. The van der Waals surface area contributed by atoms with Crippen LogP contribution in [0.15, 0.2) is 53.5 Å². The van der Waals surface area contributed by atoms with Gasteiger partial charge in [-0.05, 0) is 41.8 Å². The van der Waals surface area contributed by atoms with Gasteiger partial charge in [-0.1, -0.05) is 24.3 Å². The van der Waals surface area contributed by atoms with Crippen LogP contribution >= 0.6 is 24.0 Å². The zero-order valence-electron chi connectivity index (χ0n) is 17.1. The predicted octanol–water partition coefficient (Wildman–Crippen LogP) is 1.44. The van der Waals surface area contributed by atoms with E-state index in [1.807, 2.05) is 36.4 Å². The van der Waals surface area contributed by atoms with E-state index in [1.54, 1.807) is 26.2 Å². The highest BCUT2D eigenvalue weighted by Crippen LogP contribution is 2.13. The number of hydrogen-bond donors (Lipinski definition) is 4. The number of aliphatic imine (C=N–C) groups is 1. The maximum Gasteiger partial charge on any atom is 0.255 e. The van der Waals surface area contributed by atoms with Crippen LogP contribution in [0.2, 0.25) is 0 Å². The monoisotopic (exact) mass is 525 g/mol.